The number of ether oxygens (including phenoxy) is 1. The summed E-state index contributed by atoms with van der Waals surface area (Å²) < 4.78 is 6.80. The van der Waals surface area contributed by atoms with Gasteiger partial charge in [0.15, 0.2) is 5.82 Å². The van der Waals surface area contributed by atoms with Crippen molar-refractivity contribution in [3.05, 3.63) is 22.5 Å². The maximum absolute atomic E-state index is 11.8. The number of nitrogens with zero attached hydrogens (tertiary/aromatic N) is 2. The number of nitrogens with one attached hydrogen (secondary N) is 1. The van der Waals surface area contributed by atoms with Gasteiger partial charge in [0.25, 0.3) is 5.56 Å². The van der Waals surface area contributed by atoms with Crippen molar-refractivity contribution in [1.82, 2.24) is 9.78 Å². The lowest BCUT2D eigenvalue weighted by molar-refractivity contribution is -0.113. The Morgan fingerprint density at radius 3 is 3.10 bits per heavy atom. The standard InChI is InChI=1S/C13H19N3O3S/c1-16-13(18)6-5-11(15-16)14-12(17)9-20-8-10-4-2-3-7-19-10/h5-6,10H,2-4,7-9H2,1H3,(H,14,15,17). The molecule has 7 heteroatoms. The molecule has 1 amide bonds. The summed E-state index contributed by atoms with van der Waals surface area (Å²) in [7, 11) is 1.55. The van der Waals surface area contributed by atoms with Crippen LogP contribution in [0.5, 0.6) is 0 Å². The average Bonchev–Trinajstić information content (AvgIpc) is 2.44. The van der Waals surface area contributed by atoms with Crippen LogP contribution >= 0.6 is 11.8 Å². The summed E-state index contributed by atoms with van der Waals surface area (Å²) in [6, 6.07) is 2.89. The molecule has 2 rings (SSSR count). The van der Waals surface area contributed by atoms with Gasteiger partial charge in [0, 0.05) is 25.5 Å². The van der Waals surface area contributed by atoms with Crippen molar-refractivity contribution < 1.29 is 9.53 Å². The topological polar surface area (TPSA) is 73.2 Å². The zero-order chi connectivity index (χ0) is 14.4. The highest BCUT2D eigenvalue weighted by Crippen LogP contribution is 2.17. The minimum absolute atomic E-state index is 0.114. The van der Waals surface area contributed by atoms with Crippen molar-refractivity contribution in [2.75, 3.05) is 23.4 Å². The van der Waals surface area contributed by atoms with Gasteiger partial charge in [-0.3, -0.25) is 9.59 Å². The molecule has 0 bridgehead atoms. The van der Waals surface area contributed by atoms with Crippen molar-refractivity contribution in [3.63, 3.8) is 0 Å². The molecule has 6 nitrogen and oxygen atoms in total. The summed E-state index contributed by atoms with van der Waals surface area (Å²) >= 11 is 1.56. The van der Waals surface area contributed by atoms with E-state index in [-0.39, 0.29) is 17.6 Å². The average molecular weight is 297 g/mol. The predicted molar refractivity (Wildman–Crippen MR) is 79.0 cm³/mol. The molecule has 1 atom stereocenters. The summed E-state index contributed by atoms with van der Waals surface area (Å²) in [5.74, 6) is 1.49. The number of hydrogen-bond acceptors (Lipinski definition) is 5. The zero-order valence-electron chi connectivity index (χ0n) is 11.5. The molecular weight excluding hydrogens is 278 g/mol. The van der Waals surface area contributed by atoms with Gasteiger partial charge in [-0.2, -0.15) is 5.10 Å². The Kier molecular flexibility index (Phi) is 5.60. The van der Waals surface area contributed by atoms with Gasteiger partial charge in [-0.05, 0) is 25.3 Å². The number of hydrogen-bond donors (Lipinski definition) is 1. The molecule has 1 aliphatic rings. The van der Waals surface area contributed by atoms with Gasteiger partial charge < -0.3 is 10.1 Å². The van der Waals surface area contributed by atoms with Crippen molar-refractivity contribution >= 4 is 23.5 Å². The third-order valence-electron chi connectivity index (χ3n) is 3.04. The third kappa shape index (κ3) is 4.64. The second kappa shape index (κ2) is 7.44. The van der Waals surface area contributed by atoms with E-state index in [9.17, 15) is 9.59 Å². The molecule has 1 aromatic rings. The largest absolute Gasteiger partial charge is 0.377 e. The van der Waals surface area contributed by atoms with Gasteiger partial charge in [-0.1, -0.05) is 0 Å². The van der Waals surface area contributed by atoms with Crippen LogP contribution in [0, 0.1) is 0 Å². The molecule has 1 N–H and O–H groups in total. The Hall–Kier alpha value is -1.34. The Morgan fingerprint density at radius 2 is 2.40 bits per heavy atom. The molecule has 0 radical (unpaired) electrons. The first kappa shape index (κ1) is 15.1. The van der Waals surface area contributed by atoms with Crippen LogP contribution in [0.25, 0.3) is 0 Å². The lowest BCUT2D eigenvalue weighted by Crippen LogP contribution is -2.24. The van der Waals surface area contributed by atoms with Gasteiger partial charge in [0.2, 0.25) is 5.91 Å². The minimum Gasteiger partial charge on any atom is -0.377 e. The molecule has 1 aliphatic heterocycles. The number of amides is 1. The minimum atomic E-state index is -0.202. The van der Waals surface area contributed by atoms with E-state index >= 15 is 0 Å². The maximum atomic E-state index is 11.8. The number of carbonyl (C=O) groups is 1. The molecule has 0 spiro atoms. The fourth-order valence-electron chi connectivity index (χ4n) is 1.97. The van der Waals surface area contributed by atoms with E-state index in [1.807, 2.05) is 0 Å². The molecule has 20 heavy (non-hydrogen) atoms. The van der Waals surface area contributed by atoms with E-state index < -0.39 is 0 Å². The first-order valence-electron chi connectivity index (χ1n) is 6.69. The predicted octanol–water partition coefficient (Wildman–Crippen LogP) is 1.02. The summed E-state index contributed by atoms with van der Waals surface area (Å²) in [6.07, 6.45) is 3.70. The van der Waals surface area contributed by atoms with Crippen LogP contribution < -0.4 is 10.9 Å². The molecule has 1 saturated heterocycles. The highest BCUT2D eigenvalue weighted by molar-refractivity contribution is 8.00. The van der Waals surface area contributed by atoms with Crippen LogP contribution in [0.2, 0.25) is 0 Å². The molecular formula is C13H19N3O3S. The smallest absolute Gasteiger partial charge is 0.266 e. The van der Waals surface area contributed by atoms with Crippen LogP contribution in [0.15, 0.2) is 16.9 Å². The second-order valence-electron chi connectivity index (χ2n) is 4.73. The van der Waals surface area contributed by atoms with Crippen LogP contribution in [0.1, 0.15) is 19.3 Å². The number of rotatable bonds is 5. The van der Waals surface area contributed by atoms with Gasteiger partial charge in [-0.25, -0.2) is 4.68 Å². The van der Waals surface area contributed by atoms with Crippen LogP contribution in [0.3, 0.4) is 0 Å². The number of carbonyl (C=O) groups excluding carboxylic acids is 1. The highest BCUT2D eigenvalue weighted by Gasteiger charge is 2.14. The molecule has 0 saturated carbocycles. The first-order valence-corrected chi connectivity index (χ1v) is 7.84. The van der Waals surface area contributed by atoms with Crippen LogP contribution in [-0.4, -0.2) is 39.9 Å². The fraction of sp³-hybridized carbons (Fsp3) is 0.615. The highest BCUT2D eigenvalue weighted by atomic mass is 32.2. The molecule has 0 aliphatic carbocycles. The Morgan fingerprint density at radius 1 is 1.55 bits per heavy atom. The summed E-state index contributed by atoms with van der Waals surface area (Å²) in [4.78, 5) is 22.9. The van der Waals surface area contributed by atoms with Gasteiger partial charge in [0.05, 0.1) is 11.9 Å². The first-order chi connectivity index (χ1) is 9.65. The Labute approximate surface area is 121 Å². The summed E-state index contributed by atoms with van der Waals surface area (Å²) in [6.45, 7) is 0.833. The van der Waals surface area contributed by atoms with E-state index in [1.54, 1.807) is 18.8 Å². The molecule has 2 heterocycles. The van der Waals surface area contributed by atoms with Crippen LogP contribution in [-0.2, 0) is 16.6 Å². The normalized spacial score (nSPS) is 18.8. The number of aromatic nitrogens is 2. The van der Waals surface area contributed by atoms with E-state index in [0.29, 0.717) is 11.6 Å². The van der Waals surface area contributed by atoms with Crippen molar-refractivity contribution in [3.8, 4) is 0 Å². The van der Waals surface area contributed by atoms with E-state index in [2.05, 4.69) is 10.4 Å². The Bertz CT molecular complexity index is 512. The lowest BCUT2D eigenvalue weighted by Gasteiger charge is -2.21. The van der Waals surface area contributed by atoms with E-state index in [0.717, 1.165) is 25.2 Å². The van der Waals surface area contributed by atoms with Crippen molar-refractivity contribution in [2.24, 2.45) is 7.05 Å². The molecule has 0 aromatic carbocycles. The third-order valence-corrected chi connectivity index (χ3v) is 4.11. The molecule has 1 aromatic heterocycles. The maximum Gasteiger partial charge on any atom is 0.266 e. The Balaban J connectivity index is 1.71. The number of aryl methyl sites for hydroxylation is 1. The van der Waals surface area contributed by atoms with Gasteiger partial charge in [-0.15, -0.1) is 11.8 Å². The van der Waals surface area contributed by atoms with Crippen molar-refractivity contribution in [1.29, 1.82) is 0 Å². The molecule has 1 fully saturated rings. The monoisotopic (exact) mass is 297 g/mol. The summed E-state index contributed by atoms with van der Waals surface area (Å²) in [5.41, 5.74) is -0.202. The fourth-order valence-corrected chi connectivity index (χ4v) is 2.87. The SMILES string of the molecule is Cn1nc(NC(=O)CSCC2CCCCO2)ccc1=O. The second-order valence-corrected chi connectivity index (χ2v) is 5.76. The number of anilines is 1. The molecule has 1 unspecified atom stereocenters. The van der Waals surface area contributed by atoms with Crippen molar-refractivity contribution in [2.45, 2.75) is 25.4 Å². The van der Waals surface area contributed by atoms with Gasteiger partial charge in [0.1, 0.15) is 0 Å². The van der Waals surface area contributed by atoms with E-state index in [4.69, 9.17) is 4.74 Å². The van der Waals surface area contributed by atoms with Gasteiger partial charge >= 0.3 is 0 Å². The van der Waals surface area contributed by atoms with Crippen LogP contribution in [0.4, 0.5) is 5.82 Å². The number of thioether (sulfide) groups is 1. The summed E-state index contributed by atoms with van der Waals surface area (Å²) in [5, 5.41) is 6.63. The quantitative estimate of drug-likeness (QED) is 0.878. The molecule has 110 valence electrons. The lowest BCUT2D eigenvalue weighted by atomic mass is 10.1. The zero-order valence-corrected chi connectivity index (χ0v) is 12.3. The van der Waals surface area contributed by atoms with E-state index in [1.165, 1.54) is 23.2 Å².